The van der Waals surface area contributed by atoms with Gasteiger partial charge in [0, 0.05) is 74.9 Å². The third-order valence-electron chi connectivity index (χ3n) is 8.63. The minimum atomic E-state index is -0.345. The summed E-state index contributed by atoms with van der Waals surface area (Å²) in [6, 6.07) is 22.2. The summed E-state index contributed by atoms with van der Waals surface area (Å²) < 4.78 is 22.5. The Labute approximate surface area is 300 Å². The first-order valence-corrected chi connectivity index (χ1v) is 18.0. The number of thioether (sulfide) groups is 1. The number of amides is 1. The zero-order valence-electron chi connectivity index (χ0n) is 28.0. The van der Waals surface area contributed by atoms with Crippen molar-refractivity contribution in [3.05, 3.63) is 135 Å². The SMILES string of the molecule is Cn1cc(Cc2cn(CC(=O)N(CCCN3CCOCC3)Cc3ccc(-c4ccc(Cl)cc4)cc3)c(SCc3ccc(F)cc3)nc2=O)cn1. The predicted octanol–water partition coefficient (Wildman–Crippen LogP) is 6.07. The van der Waals surface area contributed by atoms with Gasteiger partial charge in [-0.2, -0.15) is 10.1 Å². The molecule has 0 saturated carbocycles. The predicted molar refractivity (Wildman–Crippen MR) is 195 cm³/mol. The van der Waals surface area contributed by atoms with E-state index in [4.69, 9.17) is 16.3 Å². The van der Waals surface area contributed by atoms with Gasteiger partial charge in [-0.05, 0) is 58.5 Å². The number of hydrogen-bond donors (Lipinski definition) is 0. The first-order valence-electron chi connectivity index (χ1n) is 16.7. The summed E-state index contributed by atoms with van der Waals surface area (Å²) in [5.41, 5.74) is 5.05. The van der Waals surface area contributed by atoms with Crippen LogP contribution in [0, 0.1) is 5.82 Å². The number of halogens is 2. The van der Waals surface area contributed by atoms with Crippen LogP contribution in [0.2, 0.25) is 5.02 Å². The smallest absolute Gasteiger partial charge is 0.277 e. The Morgan fingerprint density at radius 2 is 1.62 bits per heavy atom. The zero-order chi connectivity index (χ0) is 34.9. The van der Waals surface area contributed by atoms with E-state index in [2.05, 4.69) is 39.2 Å². The summed E-state index contributed by atoms with van der Waals surface area (Å²) in [6.45, 7) is 5.12. The fourth-order valence-electron chi connectivity index (χ4n) is 5.90. The molecule has 0 radical (unpaired) electrons. The molecule has 0 aliphatic carbocycles. The van der Waals surface area contributed by atoms with Crippen LogP contribution in [0.1, 0.15) is 28.7 Å². The van der Waals surface area contributed by atoms with Crippen molar-refractivity contribution in [3.63, 3.8) is 0 Å². The van der Waals surface area contributed by atoms with Gasteiger partial charge in [0.25, 0.3) is 5.56 Å². The van der Waals surface area contributed by atoms with Gasteiger partial charge in [0.15, 0.2) is 5.16 Å². The number of morpholine rings is 1. The van der Waals surface area contributed by atoms with Crippen molar-refractivity contribution in [2.75, 3.05) is 39.4 Å². The monoisotopic (exact) mass is 714 g/mol. The van der Waals surface area contributed by atoms with Crippen LogP contribution in [0.3, 0.4) is 0 Å². The number of aryl methyl sites for hydroxylation is 1. The molecule has 260 valence electrons. The number of carbonyl (C=O) groups is 1. The highest BCUT2D eigenvalue weighted by Gasteiger charge is 2.20. The maximum Gasteiger partial charge on any atom is 0.277 e. The molecule has 3 aromatic carbocycles. The van der Waals surface area contributed by atoms with Crippen molar-refractivity contribution in [3.8, 4) is 11.1 Å². The van der Waals surface area contributed by atoms with Gasteiger partial charge in [-0.25, -0.2) is 4.39 Å². The molecule has 6 rings (SSSR count). The lowest BCUT2D eigenvalue weighted by Gasteiger charge is -2.29. The zero-order valence-corrected chi connectivity index (χ0v) is 29.6. The van der Waals surface area contributed by atoms with Crippen molar-refractivity contribution >= 4 is 29.3 Å². The number of aromatic nitrogens is 4. The van der Waals surface area contributed by atoms with Gasteiger partial charge in [0.2, 0.25) is 5.91 Å². The second kappa shape index (κ2) is 17.1. The minimum Gasteiger partial charge on any atom is -0.379 e. The fourth-order valence-corrected chi connectivity index (χ4v) is 6.94. The van der Waals surface area contributed by atoms with E-state index in [1.807, 2.05) is 42.4 Å². The summed E-state index contributed by atoms with van der Waals surface area (Å²) in [4.78, 5) is 36.2. The molecule has 0 atom stereocenters. The van der Waals surface area contributed by atoms with Gasteiger partial charge in [0.1, 0.15) is 12.4 Å². The molecule has 1 amide bonds. The summed E-state index contributed by atoms with van der Waals surface area (Å²) in [5.74, 6) is 0.0779. The molecule has 12 heteroatoms. The van der Waals surface area contributed by atoms with E-state index in [9.17, 15) is 14.0 Å². The van der Waals surface area contributed by atoms with Crippen LogP contribution in [0.4, 0.5) is 4.39 Å². The Morgan fingerprint density at radius 1 is 0.940 bits per heavy atom. The topological polar surface area (TPSA) is 85.5 Å². The van der Waals surface area contributed by atoms with Crippen LogP contribution in [-0.2, 0) is 41.8 Å². The van der Waals surface area contributed by atoms with Crippen molar-refractivity contribution in [2.45, 2.75) is 36.8 Å². The molecule has 5 aromatic rings. The Bertz CT molecular complexity index is 1930. The van der Waals surface area contributed by atoms with Gasteiger partial charge in [-0.3, -0.25) is 19.2 Å². The third kappa shape index (κ3) is 9.91. The summed E-state index contributed by atoms with van der Waals surface area (Å²) >= 11 is 7.44. The Kier molecular flexibility index (Phi) is 12.1. The lowest BCUT2D eigenvalue weighted by Crippen LogP contribution is -2.39. The van der Waals surface area contributed by atoms with Crippen LogP contribution >= 0.6 is 23.4 Å². The highest BCUT2D eigenvalue weighted by Crippen LogP contribution is 2.24. The van der Waals surface area contributed by atoms with Crippen molar-refractivity contribution in [1.82, 2.24) is 29.1 Å². The standard InChI is InChI=1S/C38H40ClFN6O3S/c1-43-23-30(22-41-43)21-33-25-46(38(42-37(33)48)50-27-29-5-13-35(40)14-6-29)26-36(47)45(16-2-15-44-17-19-49-20-18-44)24-28-3-7-31(8-4-28)32-9-11-34(39)12-10-32/h3-14,22-23,25H,2,15-21,24,26-27H2,1H3. The van der Waals surface area contributed by atoms with Gasteiger partial charge in [0.05, 0.1) is 19.4 Å². The van der Waals surface area contributed by atoms with Crippen LogP contribution < -0.4 is 5.56 Å². The van der Waals surface area contributed by atoms with Crippen LogP contribution in [0.15, 0.2) is 101 Å². The van der Waals surface area contributed by atoms with Crippen molar-refractivity contribution < 1.29 is 13.9 Å². The van der Waals surface area contributed by atoms with Crippen LogP contribution in [-0.4, -0.2) is 74.4 Å². The van der Waals surface area contributed by atoms with Crippen LogP contribution in [0.5, 0.6) is 0 Å². The van der Waals surface area contributed by atoms with Crippen molar-refractivity contribution in [1.29, 1.82) is 0 Å². The van der Waals surface area contributed by atoms with Gasteiger partial charge in [-0.15, -0.1) is 0 Å². The quantitative estimate of drug-likeness (QED) is 0.102. The molecule has 50 heavy (non-hydrogen) atoms. The molecule has 1 aliphatic heterocycles. The Morgan fingerprint density at radius 3 is 2.30 bits per heavy atom. The molecule has 0 spiro atoms. The molecule has 1 aliphatic rings. The Balaban J connectivity index is 1.23. The maximum atomic E-state index is 14.2. The average molecular weight is 715 g/mol. The van der Waals surface area contributed by atoms with E-state index in [0.29, 0.717) is 41.0 Å². The van der Waals surface area contributed by atoms with E-state index >= 15 is 0 Å². The number of ether oxygens (including phenoxy) is 1. The van der Waals surface area contributed by atoms with E-state index in [1.54, 1.807) is 33.8 Å². The molecule has 1 saturated heterocycles. The minimum absolute atomic E-state index is 0.0134. The molecule has 1 fully saturated rings. The number of rotatable bonds is 14. The lowest BCUT2D eigenvalue weighted by molar-refractivity contribution is -0.132. The summed E-state index contributed by atoms with van der Waals surface area (Å²) in [7, 11) is 1.83. The van der Waals surface area contributed by atoms with E-state index in [-0.39, 0.29) is 23.8 Å². The molecular formula is C38H40ClFN6O3S. The maximum absolute atomic E-state index is 14.2. The van der Waals surface area contributed by atoms with Crippen LogP contribution in [0.25, 0.3) is 11.1 Å². The third-order valence-corrected chi connectivity index (χ3v) is 9.95. The summed E-state index contributed by atoms with van der Waals surface area (Å²) in [5, 5.41) is 5.36. The normalized spacial score (nSPS) is 13.4. The molecule has 0 unspecified atom stereocenters. The van der Waals surface area contributed by atoms with E-state index < -0.39 is 0 Å². The molecule has 2 aromatic heterocycles. The second-order valence-corrected chi connectivity index (χ2v) is 13.8. The first kappa shape index (κ1) is 35.5. The number of hydrogen-bond acceptors (Lipinski definition) is 7. The van der Waals surface area contributed by atoms with Crippen molar-refractivity contribution in [2.24, 2.45) is 7.05 Å². The lowest BCUT2D eigenvalue weighted by atomic mass is 10.0. The van der Waals surface area contributed by atoms with E-state index in [0.717, 1.165) is 67.1 Å². The van der Waals surface area contributed by atoms with Gasteiger partial charge >= 0.3 is 0 Å². The fraction of sp³-hybridized carbons (Fsp3) is 0.316. The Hall–Kier alpha value is -4.29. The average Bonchev–Trinajstić information content (AvgIpc) is 3.54. The number of nitrogens with zero attached hydrogens (tertiary/aromatic N) is 6. The van der Waals surface area contributed by atoms with Gasteiger partial charge < -0.3 is 14.2 Å². The summed E-state index contributed by atoms with van der Waals surface area (Å²) in [6.07, 6.45) is 6.50. The largest absolute Gasteiger partial charge is 0.379 e. The molecule has 0 bridgehead atoms. The molecule has 9 nitrogen and oxygen atoms in total. The molecular weight excluding hydrogens is 675 g/mol. The molecule has 3 heterocycles. The number of carbonyl (C=O) groups excluding carboxylic acids is 1. The highest BCUT2D eigenvalue weighted by molar-refractivity contribution is 7.98. The number of benzene rings is 3. The van der Waals surface area contributed by atoms with Gasteiger partial charge in [-0.1, -0.05) is 71.9 Å². The molecule has 0 N–H and O–H groups in total. The first-order chi connectivity index (χ1) is 24.3. The second-order valence-electron chi connectivity index (χ2n) is 12.4. The van der Waals surface area contributed by atoms with E-state index in [1.165, 1.54) is 23.9 Å². The highest BCUT2D eigenvalue weighted by atomic mass is 35.5.